The predicted molar refractivity (Wildman–Crippen MR) is 98.4 cm³/mol. The molecule has 0 fully saturated rings. The van der Waals surface area contributed by atoms with Gasteiger partial charge in [-0.15, -0.1) is 0 Å². The maximum Gasteiger partial charge on any atom is 0.268 e. The summed E-state index contributed by atoms with van der Waals surface area (Å²) < 4.78 is 26.7. The highest BCUT2D eigenvalue weighted by atomic mass is 32.2. The van der Waals surface area contributed by atoms with Crippen molar-refractivity contribution in [1.29, 1.82) is 0 Å². The minimum atomic E-state index is -3.69. The molecule has 0 aliphatic rings. The monoisotopic (exact) mass is 373 g/mol. The van der Waals surface area contributed by atoms with E-state index in [9.17, 15) is 18.0 Å². The molecule has 2 aromatic carbocycles. The molecule has 128 valence electrons. The number of carbonyl (C=O) groups excluding carboxylic acids is 2. The fraction of sp³-hybridized carbons (Fsp3) is 0.111. The summed E-state index contributed by atoms with van der Waals surface area (Å²) in [6.07, 6.45) is 1.48. The molecule has 0 aliphatic carbocycles. The number of hydrogen-bond donors (Lipinski definition) is 0. The second-order valence-electron chi connectivity index (χ2n) is 5.41. The van der Waals surface area contributed by atoms with Crippen molar-refractivity contribution in [2.45, 2.75) is 11.8 Å². The van der Waals surface area contributed by atoms with Crippen molar-refractivity contribution in [3.05, 3.63) is 66.4 Å². The minimum Gasteiger partial charge on any atom is -0.293 e. The molecule has 0 N–H and O–H groups in total. The quantitative estimate of drug-likeness (QED) is 0.641. The van der Waals surface area contributed by atoms with E-state index < -0.39 is 10.0 Å². The van der Waals surface area contributed by atoms with Crippen LogP contribution in [0.2, 0.25) is 0 Å². The smallest absolute Gasteiger partial charge is 0.268 e. The Morgan fingerprint density at radius 3 is 2.44 bits per heavy atom. The Bertz CT molecular complexity index is 1050. The number of aromatic nitrogens is 1. The Hall–Kier alpha value is -2.38. The molecule has 0 radical (unpaired) electrons. The normalized spacial score (nSPS) is 11.6. The van der Waals surface area contributed by atoms with Gasteiger partial charge >= 0.3 is 0 Å². The van der Waals surface area contributed by atoms with E-state index in [1.807, 2.05) is 0 Å². The number of thioether (sulfide) groups is 1. The number of rotatable bonds is 5. The summed E-state index contributed by atoms with van der Waals surface area (Å²) in [5, 5.41) is 0.535. The van der Waals surface area contributed by atoms with Gasteiger partial charge in [-0.3, -0.25) is 9.59 Å². The Balaban J connectivity index is 1.98. The molecule has 3 aromatic rings. The molecule has 1 aromatic heterocycles. The zero-order chi connectivity index (χ0) is 18.0. The van der Waals surface area contributed by atoms with Gasteiger partial charge in [-0.25, -0.2) is 12.4 Å². The van der Waals surface area contributed by atoms with E-state index in [4.69, 9.17) is 0 Å². The summed E-state index contributed by atoms with van der Waals surface area (Å²) >= 11 is 0.957. The van der Waals surface area contributed by atoms with Crippen LogP contribution in [0.5, 0.6) is 0 Å². The van der Waals surface area contributed by atoms with Gasteiger partial charge in [-0.2, -0.15) is 0 Å². The van der Waals surface area contributed by atoms with Crippen molar-refractivity contribution in [2.75, 3.05) is 5.75 Å². The minimum absolute atomic E-state index is 0.0733. The molecule has 5 nitrogen and oxygen atoms in total. The Morgan fingerprint density at radius 1 is 1.04 bits per heavy atom. The molecule has 0 spiro atoms. The summed E-state index contributed by atoms with van der Waals surface area (Å²) in [5.74, 6) is -0.0927. The third kappa shape index (κ3) is 3.52. The maximum atomic E-state index is 12.8. The van der Waals surface area contributed by atoms with Gasteiger partial charge in [0.2, 0.25) is 0 Å². The van der Waals surface area contributed by atoms with E-state index in [0.29, 0.717) is 16.5 Å². The highest BCUT2D eigenvalue weighted by Gasteiger charge is 2.19. The van der Waals surface area contributed by atoms with Gasteiger partial charge in [-0.05, 0) is 36.4 Å². The third-order valence-corrected chi connectivity index (χ3v) is 6.20. The van der Waals surface area contributed by atoms with Crippen molar-refractivity contribution < 1.29 is 18.0 Å². The van der Waals surface area contributed by atoms with Crippen molar-refractivity contribution in [2.24, 2.45) is 0 Å². The van der Waals surface area contributed by atoms with Gasteiger partial charge < -0.3 is 0 Å². The van der Waals surface area contributed by atoms with E-state index >= 15 is 0 Å². The van der Waals surface area contributed by atoms with Crippen LogP contribution in [0.25, 0.3) is 10.9 Å². The summed E-state index contributed by atoms with van der Waals surface area (Å²) in [6.45, 7) is 1.41. The Kier molecular flexibility index (Phi) is 4.78. The molecule has 1 heterocycles. The molecular formula is C18H15NO4S2. The van der Waals surface area contributed by atoms with Gasteiger partial charge in [0.15, 0.2) is 10.9 Å². The molecule has 3 rings (SSSR count). The summed E-state index contributed by atoms with van der Waals surface area (Å²) in [4.78, 5) is 23.3. The molecule has 0 aliphatic heterocycles. The van der Waals surface area contributed by atoms with Crippen LogP contribution >= 0.6 is 11.8 Å². The summed E-state index contributed by atoms with van der Waals surface area (Å²) in [5.41, 5.74) is 0.954. The highest BCUT2D eigenvalue weighted by Crippen LogP contribution is 2.23. The van der Waals surface area contributed by atoms with Crippen molar-refractivity contribution in [3.63, 3.8) is 0 Å². The van der Waals surface area contributed by atoms with Gasteiger partial charge in [0.1, 0.15) is 0 Å². The fourth-order valence-electron chi connectivity index (χ4n) is 2.46. The first-order valence-corrected chi connectivity index (χ1v) is 9.90. The number of fused-ring (bicyclic) bond motifs is 1. The summed E-state index contributed by atoms with van der Waals surface area (Å²) in [7, 11) is -3.69. The van der Waals surface area contributed by atoms with Crippen LogP contribution in [0.1, 0.15) is 17.3 Å². The molecule has 0 atom stereocenters. The van der Waals surface area contributed by atoms with Crippen molar-refractivity contribution >= 4 is 43.6 Å². The second-order valence-corrected chi connectivity index (χ2v) is 8.37. The third-order valence-electron chi connectivity index (χ3n) is 3.68. The van der Waals surface area contributed by atoms with Crippen LogP contribution in [-0.4, -0.2) is 29.0 Å². The Morgan fingerprint density at radius 2 is 1.76 bits per heavy atom. The van der Waals surface area contributed by atoms with Crippen molar-refractivity contribution in [1.82, 2.24) is 3.97 Å². The lowest BCUT2D eigenvalue weighted by Gasteiger charge is -2.08. The lowest BCUT2D eigenvalue weighted by Crippen LogP contribution is -2.11. The average Bonchev–Trinajstić information content (AvgIpc) is 3.04. The standard InChI is InChI=1S/C18H15NO4S2/c1-13(20)24-12-18(21)15-7-8-17-14(11-15)9-10-19(17)25(22,23)16-5-3-2-4-6-16/h2-11H,12H2,1H3. The maximum absolute atomic E-state index is 12.8. The zero-order valence-electron chi connectivity index (χ0n) is 13.4. The summed E-state index contributed by atoms with van der Waals surface area (Å²) in [6, 6.07) is 14.7. The fourth-order valence-corrected chi connectivity index (χ4v) is 4.33. The number of carbonyl (C=O) groups is 2. The number of hydrogen-bond acceptors (Lipinski definition) is 5. The van der Waals surface area contributed by atoms with Gasteiger partial charge in [0.25, 0.3) is 10.0 Å². The predicted octanol–water partition coefficient (Wildman–Crippen LogP) is 3.34. The molecule has 0 unspecified atom stereocenters. The van der Waals surface area contributed by atoms with Crippen LogP contribution in [0, 0.1) is 0 Å². The van der Waals surface area contributed by atoms with Gasteiger partial charge in [-0.1, -0.05) is 30.0 Å². The van der Waals surface area contributed by atoms with Crippen LogP contribution in [0.15, 0.2) is 65.7 Å². The van der Waals surface area contributed by atoms with E-state index in [0.717, 1.165) is 11.8 Å². The molecular weight excluding hydrogens is 358 g/mol. The molecule has 7 heteroatoms. The lowest BCUT2D eigenvalue weighted by atomic mass is 10.1. The second kappa shape index (κ2) is 6.85. The van der Waals surface area contributed by atoms with Crippen LogP contribution in [-0.2, 0) is 14.8 Å². The van der Waals surface area contributed by atoms with Crippen LogP contribution in [0.3, 0.4) is 0 Å². The largest absolute Gasteiger partial charge is 0.293 e. The first-order chi connectivity index (χ1) is 11.9. The molecule has 25 heavy (non-hydrogen) atoms. The number of ketones is 1. The lowest BCUT2D eigenvalue weighted by molar-refractivity contribution is -0.109. The first-order valence-electron chi connectivity index (χ1n) is 7.48. The molecule has 0 saturated heterocycles. The first kappa shape index (κ1) is 17.4. The van der Waals surface area contributed by atoms with Crippen molar-refractivity contribution in [3.8, 4) is 0 Å². The van der Waals surface area contributed by atoms with Crippen LogP contribution in [0.4, 0.5) is 0 Å². The number of benzene rings is 2. The van der Waals surface area contributed by atoms with Gasteiger partial charge in [0, 0.05) is 24.1 Å². The van der Waals surface area contributed by atoms with E-state index in [2.05, 4.69) is 0 Å². The molecule has 0 amide bonds. The van der Waals surface area contributed by atoms with E-state index in [1.165, 1.54) is 29.2 Å². The van der Waals surface area contributed by atoms with E-state index in [-0.39, 0.29) is 21.5 Å². The SMILES string of the molecule is CC(=O)SCC(=O)c1ccc2c(ccn2S(=O)(=O)c2ccccc2)c1. The highest BCUT2D eigenvalue weighted by molar-refractivity contribution is 8.14. The van der Waals surface area contributed by atoms with Gasteiger partial charge in [0.05, 0.1) is 16.2 Å². The van der Waals surface area contributed by atoms with E-state index in [1.54, 1.807) is 42.5 Å². The number of Topliss-reactive ketones (excluding diaryl/α,β-unsaturated/α-hetero) is 1. The Labute approximate surface area is 149 Å². The molecule has 0 bridgehead atoms. The zero-order valence-corrected chi connectivity index (χ0v) is 15.0. The average molecular weight is 373 g/mol. The number of nitrogens with zero attached hydrogens (tertiary/aromatic N) is 1. The van der Waals surface area contributed by atoms with Crippen LogP contribution < -0.4 is 0 Å². The topological polar surface area (TPSA) is 73.2 Å². The molecule has 0 saturated carbocycles.